The van der Waals surface area contributed by atoms with Crippen molar-refractivity contribution in [3.8, 4) is 0 Å². The van der Waals surface area contributed by atoms with Crippen LogP contribution in [0.5, 0.6) is 0 Å². The third-order valence-electron chi connectivity index (χ3n) is 2.23. The standard InChI is InChI=1S/C10H10N2O3S.C2H6O/c13-6-7-1-4-10(9(5-7)12(14)15)16-11-8-2-3-8;1-3-2/h1,4-6,8,11H,2-3H2;1-2H3. The maximum atomic E-state index is 10.8. The molecule has 0 spiro atoms. The first kappa shape index (κ1) is 15.6. The highest BCUT2D eigenvalue weighted by Gasteiger charge is 2.23. The van der Waals surface area contributed by atoms with Crippen LogP contribution in [0.1, 0.15) is 23.2 Å². The zero-order valence-corrected chi connectivity index (χ0v) is 11.6. The maximum absolute atomic E-state index is 10.8. The summed E-state index contributed by atoms with van der Waals surface area (Å²) in [5.74, 6) is 0. The Bertz CT molecular complexity index is 449. The normalized spacial score (nSPS) is 13.4. The summed E-state index contributed by atoms with van der Waals surface area (Å²) in [6.45, 7) is 0. The SMILES string of the molecule is COC.O=Cc1ccc(SNC2CC2)c([N+](=O)[O-])c1. The lowest BCUT2D eigenvalue weighted by molar-refractivity contribution is -0.387. The van der Waals surface area contributed by atoms with Gasteiger partial charge in [-0.25, -0.2) is 0 Å². The maximum Gasteiger partial charge on any atom is 0.284 e. The van der Waals surface area contributed by atoms with Gasteiger partial charge in [-0.3, -0.25) is 19.6 Å². The average Bonchev–Trinajstić information content (AvgIpc) is 3.21. The third kappa shape index (κ3) is 5.37. The van der Waals surface area contributed by atoms with Crippen LogP contribution in [0.15, 0.2) is 23.1 Å². The summed E-state index contributed by atoms with van der Waals surface area (Å²) in [7, 11) is 3.25. The van der Waals surface area contributed by atoms with Crippen molar-refractivity contribution in [1.82, 2.24) is 4.72 Å². The highest BCUT2D eigenvalue weighted by atomic mass is 32.2. The molecule has 7 heteroatoms. The lowest BCUT2D eigenvalue weighted by atomic mass is 10.2. The number of benzene rings is 1. The van der Waals surface area contributed by atoms with E-state index in [1.165, 1.54) is 18.0 Å². The van der Waals surface area contributed by atoms with Crippen molar-refractivity contribution >= 4 is 23.9 Å². The van der Waals surface area contributed by atoms with Crippen molar-refractivity contribution in [1.29, 1.82) is 0 Å². The second-order valence-corrected chi connectivity index (χ2v) is 4.88. The summed E-state index contributed by atoms with van der Waals surface area (Å²) >= 11 is 1.26. The Kier molecular flexibility index (Phi) is 6.48. The molecule has 1 fully saturated rings. The lowest BCUT2D eigenvalue weighted by Gasteiger charge is -2.03. The first-order valence-corrected chi connectivity index (χ1v) is 6.50. The minimum atomic E-state index is -0.468. The highest BCUT2D eigenvalue weighted by molar-refractivity contribution is 7.97. The molecule has 0 heterocycles. The van der Waals surface area contributed by atoms with E-state index in [9.17, 15) is 14.9 Å². The van der Waals surface area contributed by atoms with E-state index in [4.69, 9.17) is 0 Å². The number of nitro groups is 1. The number of aldehydes is 1. The van der Waals surface area contributed by atoms with Gasteiger partial charge in [0.2, 0.25) is 0 Å². The Hall–Kier alpha value is -1.44. The van der Waals surface area contributed by atoms with Crippen LogP contribution in [0.25, 0.3) is 0 Å². The first-order valence-electron chi connectivity index (χ1n) is 5.68. The first-order chi connectivity index (χ1) is 9.12. The lowest BCUT2D eigenvalue weighted by Crippen LogP contribution is -2.06. The van der Waals surface area contributed by atoms with E-state index < -0.39 is 4.92 Å². The molecule has 0 atom stereocenters. The van der Waals surface area contributed by atoms with E-state index in [0.29, 0.717) is 22.8 Å². The number of carbonyl (C=O) groups is 1. The molecule has 0 saturated heterocycles. The van der Waals surface area contributed by atoms with Gasteiger partial charge < -0.3 is 4.74 Å². The van der Waals surface area contributed by atoms with Gasteiger partial charge >= 0.3 is 0 Å². The predicted octanol–water partition coefficient (Wildman–Crippen LogP) is 2.43. The smallest absolute Gasteiger partial charge is 0.284 e. The minimum Gasteiger partial charge on any atom is -0.388 e. The van der Waals surface area contributed by atoms with E-state index in [2.05, 4.69) is 9.46 Å². The molecular weight excluding hydrogens is 268 g/mol. The quantitative estimate of drug-likeness (QED) is 0.387. The van der Waals surface area contributed by atoms with Crippen LogP contribution in [0.3, 0.4) is 0 Å². The number of hydrogen-bond donors (Lipinski definition) is 1. The minimum absolute atomic E-state index is 0.0252. The van der Waals surface area contributed by atoms with Gasteiger partial charge in [-0.2, -0.15) is 0 Å². The molecule has 6 nitrogen and oxygen atoms in total. The molecule has 1 aliphatic rings. The Balaban J connectivity index is 0.000000550. The van der Waals surface area contributed by atoms with Crippen molar-refractivity contribution in [2.45, 2.75) is 23.8 Å². The Morgan fingerprint density at radius 1 is 1.47 bits per heavy atom. The van der Waals surface area contributed by atoms with Crippen molar-refractivity contribution in [2.24, 2.45) is 0 Å². The fraction of sp³-hybridized carbons (Fsp3) is 0.417. The van der Waals surface area contributed by atoms with Crippen molar-refractivity contribution in [3.63, 3.8) is 0 Å². The number of ether oxygens (including phenoxy) is 1. The van der Waals surface area contributed by atoms with Gasteiger partial charge in [0.1, 0.15) is 11.2 Å². The van der Waals surface area contributed by atoms with Crippen LogP contribution in [0.4, 0.5) is 5.69 Å². The van der Waals surface area contributed by atoms with E-state index in [-0.39, 0.29) is 5.69 Å². The van der Waals surface area contributed by atoms with Gasteiger partial charge in [0, 0.05) is 31.9 Å². The van der Waals surface area contributed by atoms with Crippen LogP contribution in [-0.2, 0) is 4.74 Å². The number of nitro benzene ring substituents is 1. The summed E-state index contributed by atoms with van der Waals surface area (Å²) in [4.78, 5) is 21.4. The molecule has 0 bridgehead atoms. The van der Waals surface area contributed by atoms with E-state index in [1.54, 1.807) is 26.4 Å². The topological polar surface area (TPSA) is 81.5 Å². The number of nitrogens with zero attached hydrogens (tertiary/aromatic N) is 1. The molecule has 1 aliphatic carbocycles. The van der Waals surface area contributed by atoms with E-state index in [0.717, 1.165) is 12.8 Å². The van der Waals surface area contributed by atoms with Crippen LogP contribution >= 0.6 is 11.9 Å². The Morgan fingerprint density at radius 3 is 2.58 bits per heavy atom. The second-order valence-electron chi connectivity index (χ2n) is 4.00. The summed E-state index contributed by atoms with van der Waals surface area (Å²) in [5, 5.41) is 10.8. The van der Waals surface area contributed by atoms with Gasteiger partial charge in [-0.05, 0) is 30.9 Å². The molecule has 1 N–H and O–H groups in total. The van der Waals surface area contributed by atoms with Crippen molar-refractivity contribution in [2.75, 3.05) is 14.2 Å². The summed E-state index contributed by atoms with van der Waals surface area (Å²) in [6.07, 6.45) is 2.84. The molecule has 2 rings (SSSR count). The molecular formula is C12H16N2O4S. The summed E-state index contributed by atoms with van der Waals surface area (Å²) in [5.41, 5.74) is 0.297. The predicted molar refractivity (Wildman–Crippen MR) is 73.4 cm³/mol. The van der Waals surface area contributed by atoms with Crippen LogP contribution in [-0.4, -0.2) is 31.5 Å². The molecule has 104 valence electrons. The molecule has 0 amide bonds. The highest BCUT2D eigenvalue weighted by Crippen LogP contribution is 2.31. The number of nitrogens with one attached hydrogen (secondary N) is 1. The van der Waals surface area contributed by atoms with Crippen molar-refractivity contribution < 1.29 is 14.5 Å². The van der Waals surface area contributed by atoms with Gasteiger partial charge in [0.05, 0.1) is 4.92 Å². The Labute approximate surface area is 115 Å². The van der Waals surface area contributed by atoms with Gasteiger partial charge in [-0.15, -0.1) is 0 Å². The van der Waals surface area contributed by atoms with Gasteiger partial charge in [0.15, 0.2) is 0 Å². The molecule has 0 aliphatic heterocycles. The second kappa shape index (κ2) is 7.88. The fourth-order valence-electron chi connectivity index (χ4n) is 1.18. The molecule has 19 heavy (non-hydrogen) atoms. The van der Waals surface area contributed by atoms with Crippen LogP contribution in [0, 0.1) is 10.1 Å². The molecule has 0 aromatic heterocycles. The summed E-state index contributed by atoms with van der Waals surface area (Å²) < 4.78 is 7.38. The average molecular weight is 284 g/mol. The third-order valence-corrected chi connectivity index (χ3v) is 3.24. The number of carbonyl (C=O) groups excluding carboxylic acids is 1. The number of methoxy groups -OCH3 is 1. The molecule has 0 radical (unpaired) electrons. The molecule has 1 aromatic carbocycles. The molecule has 0 unspecified atom stereocenters. The van der Waals surface area contributed by atoms with E-state index >= 15 is 0 Å². The zero-order valence-electron chi connectivity index (χ0n) is 10.8. The largest absolute Gasteiger partial charge is 0.388 e. The van der Waals surface area contributed by atoms with Crippen molar-refractivity contribution in [3.05, 3.63) is 33.9 Å². The molecule has 1 saturated carbocycles. The van der Waals surface area contributed by atoms with Crippen LogP contribution in [0.2, 0.25) is 0 Å². The molecule has 1 aromatic rings. The zero-order chi connectivity index (χ0) is 14.3. The fourth-order valence-corrected chi connectivity index (χ4v) is 2.09. The summed E-state index contributed by atoms with van der Waals surface area (Å²) in [6, 6.07) is 4.94. The van der Waals surface area contributed by atoms with Crippen LogP contribution < -0.4 is 4.72 Å². The monoisotopic (exact) mass is 284 g/mol. The van der Waals surface area contributed by atoms with Gasteiger partial charge in [-0.1, -0.05) is 6.07 Å². The van der Waals surface area contributed by atoms with E-state index in [1.807, 2.05) is 0 Å². The number of rotatable bonds is 5. The number of hydrogen-bond acceptors (Lipinski definition) is 6. The Morgan fingerprint density at radius 2 is 2.11 bits per heavy atom. The van der Waals surface area contributed by atoms with Gasteiger partial charge in [0.25, 0.3) is 5.69 Å².